The highest BCUT2D eigenvalue weighted by Gasteiger charge is 2.26. The van der Waals surface area contributed by atoms with Gasteiger partial charge < -0.3 is 10.6 Å². The number of anilines is 1. The first-order chi connectivity index (χ1) is 7.61. The summed E-state index contributed by atoms with van der Waals surface area (Å²) in [5.41, 5.74) is 6.29. The number of hydrogen-bond donors (Lipinski definition) is 1. The van der Waals surface area contributed by atoms with E-state index < -0.39 is 0 Å². The molecule has 1 aromatic heterocycles. The van der Waals surface area contributed by atoms with E-state index in [9.17, 15) is 4.79 Å². The molecule has 1 saturated heterocycles. The van der Waals surface area contributed by atoms with Gasteiger partial charge in [0.1, 0.15) is 11.4 Å². The Hall–Kier alpha value is -1.17. The molecule has 6 heteroatoms. The van der Waals surface area contributed by atoms with Gasteiger partial charge in [-0.25, -0.2) is 0 Å². The number of nitrogens with two attached hydrogens (primary N) is 1. The van der Waals surface area contributed by atoms with Crippen molar-refractivity contribution < 1.29 is 4.79 Å². The maximum atomic E-state index is 12.1. The zero-order valence-electron chi connectivity index (χ0n) is 9.51. The molecule has 0 aliphatic carbocycles. The van der Waals surface area contributed by atoms with Gasteiger partial charge in [-0.05, 0) is 12.2 Å². The fourth-order valence-electron chi connectivity index (χ4n) is 1.80. The molecule has 1 unspecified atom stereocenters. The average molecular weight is 240 g/mol. The highest BCUT2D eigenvalue weighted by molar-refractivity contribution is 7.99. The number of nitrogens with zero attached hydrogens (tertiary/aromatic N) is 3. The van der Waals surface area contributed by atoms with Crippen LogP contribution >= 0.6 is 11.8 Å². The molecule has 0 bridgehead atoms. The van der Waals surface area contributed by atoms with Gasteiger partial charge in [0.15, 0.2) is 0 Å². The van der Waals surface area contributed by atoms with Crippen LogP contribution in [0.2, 0.25) is 0 Å². The van der Waals surface area contributed by atoms with Gasteiger partial charge in [0, 0.05) is 25.9 Å². The van der Waals surface area contributed by atoms with Crippen LogP contribution in [0.5, 0.6) is 0 Å². The van der Waals surface area contributed by atoms with E-state index in [4.69, 9.17) is 5.73 Å². The fourth-order valence-corrected chi connectivity index (χ4v) is 3.06. The number of hydrogen-bond acceptors (Lipinski definition) is 4. The highest BCUT2D eigenvalue weighted by atomic mass is 32.2. The Balaban J connectivity index is 2.15. The zero-order valence-corrected chi connectivity index (χ0v) is 10.3. The number of amides is 1. The van der Waals surface area contributed by atoms with Gasteiger partial charge in [-0.1, -0.05) is 0 Å². The minimum Gasteiger partial charge on any atom is -0.383 e. The number of thioether (sulfide) groups is 1. The Labute approximate surface area is 99.0 Å². The predicted molar refractivity (Wildman–Crippen MR) is 65.4 cm³/mol. The topological polar surface area (TPSA) is 64.2 Å². The Morgan fingerprint density at radius 3 is 3.00 bits per heavy atom. The van der Waals surface area contributed by atoms with E-state index in [1.807, 2.05) is 18.8 Å². The minimum atomic E-state index is -0.0295. The van der Waals surface area contributed by atoms with Crippen LogP contribution in [0.1, 0.15) is 16.8 Å². The summed E-state index contributed by atoms with van der Waals surface area (Å²) in [6.45, 7) is 0. The van der Waals surface area contributed by atoms with Crippen LogP contribution in [0.4, 0.5) is 5.82 Å². The molecule has 0 spiro atoms. The summed E-state index contributed by atoms with van der Waals surface area (Å²) in [6, 6.07) is 0.331. The maximum absolute atomic E-state index is 12.1. The van der Waals surface area contributed by atoms with Crippen molar-refractivity contribution in [2.75, 3.05) is 24.3 Å². The fraction of sp³-hybridized carbons (Fsp3) is 0.600. The standard InChI is InChI=1S/C10H16N4OS/c1-13(7-3-4-16-6-7)10(15)8-5-12-14(2)9(8)11/h5,7H,3-4,6,11H2,1-2H3. The lowest BCUT2D eigenvalue weighted by atomic mass is 10.2. The van der Waals surface area contributed by atoms with Crippen molar-refractivity contribution in [3.8, 4) is 0 Å². The lowest BCUT2D eigenvalue weighted by Crippen LogP contribution is -2.37. The van der Waals surface area contributed by atoms with Crippen LogP contribution < -0.4 is 5.73 Å². The smallest absolute Gasteiger partial charge is 0.259 e. The van der Waals surface area contributed by atoms with Crippen molar-refractivity contribution in [1.29, 1.82) is 0 Å². The summed E-state index contributed by atoms with van der Waals surface area (Å²) < 4.78 is 1.52. The summed E-state index contributed by atoms with van der Waals surface area (Å²) >= 11 is 1.89. The molecule has 2 heterocycles. The molecule has 2 N–H and O–H groups in total. The summed E-state index contributed by atoms with van der Waals surface area (Å²) in [5, 5.41) is 3.99. The molecule has 0 saturated carbocycles. The van der Waals surface area contributed by atoms with Crippen molar-refractivity contribution >= 4 is 23.5 Å². The first-order valence-corrected chi connectivity index (χ1v) is 6.39. The van der Waals surface area contributed by atoms with Gasteiger partial charge in [-0.3, -0.25) is 9.48 Å². The van der Waals surface area contributed by atoms with E-state index in [1.54, 1.807) is 11.9 Å². The van der Waals surface area contributed by atoms with E-state index >= 15 is 0 Å². The van der Waals surface area contributed by atoms with E-state index in [0.29, 0.717) is 17.4 Å². The van der Waals surface area contributed by atoms with Crippen LogP contribution in [0.15, 0.2) is 6.20 Å². The van der Waals surface area contributed by atoms with E-state index in [0.717, 1.165) is 17.9 Å². The first-order valence-electron chi connectivity index (χ1n) is 5.23. The summed E-state index contributed by atoms with van der Waals surface area (Å²) in [5.74, 6) is 2.55. The third-order valence-electron chi connectivity index (χ3n) is 2.99. The zero-order chi connectivity index (χ0) is 11.7. The molecule has 0 radical (unpaired) electrons. The molecule has 1 fully saturated rings. The van der Waals surface area contributed by atoms with Crippen LogP contribution in [0.3, 0.4) is 0 Å². The van der Waals surface area contributed by atoms with Crippen LogP contribution in [0.25, 0.3) is 0 Å². The second-order valence-corrected chi connectivity index (χ2v) is 5.15. The molecule has 1 atom stereocenters. The van der Waals surface area contributed by atoms with E-state index in [-0.39, 0.29) is 5.91 Å². The number of nitrogen functional groups attached to an aromatic ring is 1. The van der Waals surface area contributed by atoms with E-state index in [2.05, 4.69) is 5.10 Å². The Morgan fingerprint density at radius 1 is 1.75 bits per heavy atom. The minimum absolute atomic E-state index is 0.0295. The largest absolute Gasteiger partial charge is 0.383 e. The van der Waals surface area contributed by atoms with Gasteiger partial charge in [0.05, 0.1) is 6.20 Å². The normalized spacial score (nSPS) is 20.0. The summed E-state index contributed by atoms with van der Waals surface area (Å²) in [7, 11) is 3.57. The molecule has 1 aliphatic heterocycles. The SMILES string of the molecule is CN(C(=O)c1cnn(C)c1N)C1CCSC1. The molecule has 0 aromatic carbocycles. The monoisotopic (exact) mass is 240 g/mol. The van der Waals surface area contributed by atoms with Crippen molar-refractivity contribution in [3.05, 3.63) is 11.8 Å². The van der Waals surface area contributed by atoms with Crippen LogP contribution in [0, 0.1) is 0 Å². The average Bonchev–Trinajstić information content (AvgIpc) is 2.89. The number of aryl methyl sites for hydroxylation is 1. The third-order valence-corrected chi connectivity index (χ3v) is 4.13. The molecule has 88 valence electrons. The maximum Gasteiger partial charge on any atom is 0.259 e. The first kappa shape index (κ1) is 11.3. The second-order valence-electron chi connectivity index (χ2n) is 4.00. The second kappa shape index (κ2) is 4.37. The van der Waals surface area contributed by atoms with Crippen LogP contribution in [-0.4, -0.2) is 45.2 Å². The quantitative estimate of drug-likeness (QED) is 0.821. The van der Waals surface area contributed by atoms with Gasteiger partial charge >= 0.3 is 0 Å². The molecular formula is C10H16N4OS. The van der Waals surface area contributed by atoms with Gasteiger partial charge in [0.2, 0.25) is 0 Å². The Morgan fingerprint density at radius 2 is 2.50 bits per heavy atom. The molecule has 1 aromatic rings. The lowest BCUT2D eigenvalue weighted by Gasteiger charge is -2.23. The molecule has 2 rings (SSSR count). The molecular weight excluding hydrogens is 224 g/mol. The van der Waals surface area contributed by atoms with Gasteiger partial charge in [-0.2, -0.15) is 16.9 Å². The molecule has 1 aliphatic rings. The number of carbonyl (C=O) groups is 1. The number of rotatable bonds is 2. The summed E-state index contributed by atoms with van der Waals surface area (Å²) in [6.07, 6.45) is 2.60. The van der Waals surface area contributed by atoms with E-state index in [1.165, 1.54) is 10.9 Å². The summed E-state index contributed by atoms with van der Waals surface area (Å²) in [4.78, 5) is 13.9. The van der Waals surface area contributed by atoms with Crippen LogP contribution in [-0.2, 0) is 7.05 Å². The predicted octanol–water partition coefficient (Wildman–Crippen LogP) is 0.580. The van der Waals surface area contributed by atoms with Gasteiger partial charge in [-0.15, -0.1) is 0 Å². The molecule has 1 amide bonds. The number of carbonyl (C=O) groups excluding carboxylic acids is 1. The molecule has 5 nitrogen and oxygen atoms in total. The van der Waals surface area contributed by atoms with Crippen molar-refractivity contribution in [1.82, 2.24) is 14.7 Å². The number of aromatic nitrogens is 2. The van der Waals surface area contributed by atoms with Crippen molar-refractivity contribution in [2.24, 2.45) is 7.05 Å². The Kier molecular flexibility index (Phi) is 3.09. The highest BCUT2D eigenvalue weighted by Crippen LogP contribution is 2.23. The lowest BCUT2D eigenvalue weighted by molar-refractivity contribution is 0.0749. The van der Waals surface area contributed by atoms with Crippen molar-refractivity contribution in [3.63, 3.8) is 0 Å². The Bertz CT molecular complexity index is 398. The third kappa shape index (κ3) is 1.89. The van der Waals surface area contributed by atoms with Crippen molar-refractivity contribution in [2.45, 2.75) is 12.5 Å². The van der Waals surface area contributed by atoms with Gasteiger partial charge in [0.25, 0.3) is 5.91 Å². The molecule has 16 heavy (non-hydrogen) atoms.